The molecule has 0 aliphatic heterocycles. The molecule has 0 atom stereocenters. The molecular formula is C17H18N2O5S. The summed E-state index contributed by atoms with van der Waals surface area (Å²) in [5.74, 6) is -1.13. The molecule has 25 heavy (non-hydrogen) atoms. The van der Waals surface area contributed by atoms with Gasteiger partial charge in [-0.25, -0.2) is 8.42 Å². The van der Waals surface area contributed by atoms with E-state index < -0.39 is 28.5 Å². The third kappa shape index (κ3) is 4.80. The lowest BCUT2D eigenvalue weighted by Gasteiger charge is -2.19. The molecule has 2 rings (SSSR count). The number of benzene rings is 2. The lowest BCUT2D eigenvalue weighted by molar-refractivity contribution is -0.144. The van der Waals surface area contributed by atoms with Crippen LogP contribution < -0.4 is 9.62 Å². The van der Waals surface area contributed by atoms with Crippen LogP contribution in [0.5, 0.6) is 0 Å². The minimum Gasteiger partial charge on any atom is -0.456 e. The van der Waals surface area contributed by atoms with E-state index in [0.29, 0.717) is 11.4 Å². The number of para-hydroxylation sites is 1. The first-order chi connectivity index (χ1) is 11.8. The smallest absolute Gasteiger partial charge is 0.303 e. The van der Waals surface area contributed by atoms with Crippen molar-refractivity contribution in [3.05, 3.63) is 54.6 Å². The second kappa shape index (κ2) is 7.80. The van der Waals surface area contributed by atoms with E-state index in [1.165, 1.54) is 32.2 Å². The van der Waals surface area contributed by atoms with Gasteiger partial charge in [-0.15, -0.1) is 0 Å². The lowest BCUT2D eigenvalue weighted by atomic mass is 10.3. The van der Waals surface area contributed by atoms with E-state index in [1.807, 2.05) is 0 Å². The molecule has 0 aromatic heterocycles. The highest BCUT2D eigenvalue weighted by Gasteiger charge is 2.21. The highest BCUT2D eigenvalue weighted by Crippen LogP contribution is 2.23. The number of amides is 1. The number of ether oxygens (including phenoxy) is 1. The van der Waals surface area contributed by atoms with Crippen LogP contribution in [-0.2, 0) is 24.3 Å². The predicted molar refractivity (Wildman–Crippen MR) is 93.7 cm³/mol. The fourth-order valence-corrected chi connectivity index (χ4v) is 3.28. The van der Waals surface area contributed by atoms with E-state index in [-0.39, 0.29) is 4.90 Å². The van der Waals surface area contributed by atoms with Gasteiger partial charge in [0.25, 0.3) is 15.9 Å². The Hall–Kier alpha value is -2.87. The van der Waals surface area contributed by atoms with Gasteiger partial charge in [-0.2, -0.15) is 0 Å². The normalized spacial score (nSPS) is 10.8. The largest absolute Gasteiger partial charge is 0.456 e. The summed E-state index contributed by atoms with van der Waals surface area (Å²) in [7, 11) is -2.32. The number of sulfonamides is 1. The van der Waals surface area contributed by atoms with Gasteiger partial charge in [0.1, 0.15) is 0 Å². The molecular weight excluding hydrogens is 344 g/mol. The molecule has 0 saturated heterocycles. The fourth-order valence-electron chi connectivity index (χ4n) is 2.03. The average molecular weight is 362 g/mol. The Balaban J connectivity index is 2.19. The third-order valence-corrected chi connectivity index (χ3v) is 5.08. The molecule has 0 aliphatic carbocycles. The van der Waals surface area contributed by atoms with Gasteiger partial charge in [0, 0.05) is 19.7 Å². The van der Waals surface area contributed by atoms with Gasteiger partial charge in [0.15, 0.2) is 6.61 Å². The fraction of sp³-hybridized carbons (Fsp3) is 0.176. The standard InChI is InChI=1S/C17H18N2O5S/c1-13(20)24-12-17(21)18-14-7-6-10-16(11-14)25(22,23)19(2)15-8-4-3-5-9-15/h3-11H,12H2,1-2H3,(H,18,21). The zero-order valence-corrected chi connectivity index (χ0v) is 14.6. The van der Waals surface area contributed by atoms with Crippen molar-refractivity contribution in [3.63, 3.8) is 0 Å². The molecule has 0 fully saturated rings. The topological polar surface area (TPSA) is 92.8 Å². The highest BCUT2D eigenvalue weighted by molar-refractivity contribution is 7.92. The van der Waals surface area contributed by atoms with Crippen molar-refractivity contribution in [1.82, 2.24) is 0 Å². The second-order valence-electron chi connectivity index (χ2n) is 5.16. The van der Waals surface area contributed by atoms with Crippen LogP contribution in [0.1, 0.15) is 6.92 Å². The molecule has 0 spiro atoms. The molecule has 132 valence electrons. The van der Waals surface area contributed by atoms with Crippen molar-refractivity contribution in [2.75, 3.05) is 23.3 Å². The molecule has 0 bridgehead atoms. The minimum absolute atomic E-state index is 0.0316. The van der Waals surface area contributed by atoms with Gasteiger partial charge in [0.2, 0.25) is 0 Å². The van der Waals surface area contributed by atoms with Crippen molar-refractivity contribution in [3.8, 4) is 0 Å². The van der Waals surface area contributed by atoms with E-state index in [4.69, 9.17) is 0 Å². The summed E-state index contributed by atoms with van der Waals surface area (Å²) in [4.78, 5) is 22.4. The summed E-state index contributed by atoms with van der Waals surface area (Å²) in [6.45, 7) is 0.760. The van der Waals surface area contributed by atoms with Crippen molar-refractivity contribution < 1.29 is 22.7 Å². The Bertz CT molecular complexity index is 866. The zero-order chi connectivity index (χ0) is 18.4. The summed E-state index contributed by atoms with van der Waals surface area (Å²) in [5.41, 5.74) is 0.812. The van der Waals surface area contributed by atoms with E-state index in [0.717, 1.165) is 4.31 Å². The highest BCUT2D eigenvalue weighted by atomic mass is 32.2. The maximum absolute atomic E-state index is 12.7. The molecule has 0 aliphatic rings. The van der Waals surface area contributed by atoms with E-state index >= 15 is 0 Å². The molecule has 8 heteroatoms. The number of rotatable bonds is 6. The van der Waals surface area contributed by atoms with E-state index in [1.54, 1.807) is 36.4 Å². The van der Waals surface area contributed by atoms with Crippen molar-refractivity contribution in [2.24, 2.45) is 0 Å². The molecule has 1 amide bonds. The first-order valence-corrected chi connectivity index (χ1v) is 8.82. The van der Waals surface area contributed by atoms with Gasteiger partial charge in [-0.1, -0.05) is 24.3 Å². The number of hydrogen-bond acceptors (Lipinski definition) is 5. The van der Waals surface area contributed by atoms with Crippen LogP contribution in [0, 0.1) is 0 Å². The third-order valence-electron chi connectivity index (χ3n) is 3.30. The first-order valence-electron chi connectivity index (χ1n) is 7.38. The van der Waals surface area contributed by atoms with E-state index in [2.05, 4.69) is 10.1 Å². The summed E-state index contributed by atoms with van der Waals surface area (Å²) < 4.78 is 31.2. The predicted octanol–water partition coefficient (Wildman–Crippen LogP) is 2.01. The van der Waals surface area contributed by atoms with Crippen LogP contribution in [0.25, 0.3) is 0 Å². The molecule has 0 saturated carbocycles. The Morgan fingerprint density at radius 1 is 1.08 bits per heavy atom. The Morgan fingerprint density at radius 2 is 1.76 bits per heavy atom. The van der Waals surface area contributed by atoms with Crippen LogP contribution in [0.2, 0.25) is 0 Å². The monoisotopic (exact) mass is 362 g/mol. The van der Waals surface area contributed by atoms with Crippen LogP contribution in [0.15, 0.2) is 59.5 Å². The molecule has 7 nitrogen and oxygen atoms in total. The molecule has 2 aromatic carbocycles. The van der Waals surface area contributed by atoms with Gasteiger partial charge in [-0.05, 0) is 30.3 Å². The number of hydrogen-bond donors (Lipinski definition) is 1. The van der Waals surface area contributed by atoms with Crippen molar-refractivity contribution in [2.45, 2.75) is 11.8 Å². The zero-order valence-electron chi connectivity index (χ0n) is 13.8. The molecule has 0 radical (unpaired) electrons. The van der Waals surface area contributed by atoms with E-state index in [9.17, 15) is 18.0 Å². The number of carbonyl (C=O) groups excluding carboxylic acids is 2. The SMILES string of the molecule is CC(=O)OCC(=O)Nc1cccc(S(=O)(=O)N(C)c2ccccc2)c1. The second-order valence-corrected chi connectivity index (χ2v) is 7.13. The first kappa shape index (κ1) is 18.5. The summed E-state index contributed by atoms with van der Waals surface area (Å²) in [5, 5.41) is 2.49. The quantitative estimate of drug-likeness (QED) is 0.794. The summed E-state index contributed by atoms with van der Waals surface area (Å²) in [6.07, 6.45) is 0. The minimum atomic E-state index is -3.78. The number of anilines is 2. The summed E-state index contributed by atoms with van der Waals surface area (Å²) in [6, 6.07) is 14.5. The van der Waals surface area contributed by atoms with Crippen molar-refractivity contribution in [1.29, 1.82) is 0 Å². The lowest BCUT2D eigenvalue weighted by Crippen LogP contribution is -2.26. The van der Waals surface area contributed by atoms with Crippen LogP contribution in [-0.4, -0.2) is 33.9 Å². The Labute approximate surface area is 146 Å². The van der Waals surface area contributed by atoms with Gasteiger partial charge >= 0.3 is 5.97 Å². The Morgan fingerprint density at radius 3 is 2.40 bits per heavy atom. The number of nitrogens with one attached hydrogen (secondary N) is 1. The van der Waals surface area contributed by atoms with Crippen LogP contribution >= 0.6 is 0 Å². The van der Waals surface area contributed by atoms with Crippen LogP contribution in [0.4, 0.5) is 11.4 Å². The maximum Gasteiger partial charge on any atom is 0.303 e. The number of esters is 1. The van der Waals surface area contributed by atoms with Crippen LogP contribution in [0.3, 0.4) is 0 Å². The average Bonchev–Trinajstić information content (AvgIpc) is 2.60. The molecule has 0 unspecified atom stereocenters. The maximum atomic E-state index is 12.7. The van der Waals surface area contributed by atoms with Gasteiger partial charge in [-0.3, -0.25) is 13.9 Å². The van der Waals surface area contributed by atoms with Gasteiger partial charge in [0.05, 0.1) is 10.6 Å². The number of carbonyl (C=O) groups is 2. The summed E-state index contributed by atoms with van der Waals surface area (Å²) >= 11 is 0. The van der Waals surface area contributed by atoms with Crippen molar-refractivity contribution >= 4 is 33.3 Å². The Kier molecular flexibility index (Phi) is 5.76. The van der Waals surface area contributed by atoms with Gasteiger partial charge < -0.3 is 10.1 Å². The molecule has 0 heterocycles. The molecule has 1 N–H and O–H groups in total. The number of nitrogens with zero attached hydrogens (tertiary/aromatic N) is 1. The molecule has 2 aromatic rings.